The van der Waals surface area contributed by atoms with E-state index in [-0.39, 0.29) is 24.9 Å². The Balaban J connectivity index is 1.22. The lowest BCUT2D eigenvalue weighted by atomic mass is 10.2. The topological polar surface area (TPSA) is 173 Å². The van der Waals surface area contributed by atoms with Gasteiger partial charge in [0.1, 0.15) is 25.3 Å². The summed E-state index contributed by atoms with van der Waals surface area (Å²) in [6.45, 7) is 1.28. The zero-order valence-electron chi connectivity index (χ0n) is 23.5. The van der Waals surface area contributed by atoms with Gasteiger partial charge in [0.15, 0.2) is 23.1 Å². The molecule has 234 valence electrons. The van der Waals surface area contributed by atoms with Crippen LogP contribution < -0.4 is 20.1 Å². The molecule has 0 radical (unpaired) electrons. The quantitative estimate of drug-likeness (QED) is 0.158. The molecule has 1 aliphatic heterocycles. The van der Waals surface area contributed by atoms with Crippen LogP contribution in [0, 0.1) is 11.6 Å². The van der Waals surface area contributed by atoms with E-state index in [9.17, 15) is 18.1 Å². The molecule has 2 aromatic carbocycles. The molecule has 5 rings (SSSR count). The third kappa shape index (κ3) is 7.84. The number of fused-ring (bicyclic) bond motifs is 1. The van der Waals surface area contributed by atoms with Crippen LogP contribution in [0.15, 0.2) is 49.1 Å². The molecule has 44 heavy (non-hydrogen) atoms. The molecule has 0 unspecified atom stereocenters. The Morgan fingerprint density at radius 3 is 2.84 bits per heavy atom. The maximum atomic E-state index is 13.9. The molecule has 0 saturated carbocycles. The number of nitrogens with one attached hydrogen (secondary N) is 2. The SMILES string of the molecule is COc1cc2c(Nc3cnn(CC(=O)Nc4cccc(F)c4F)c3)ncnc2cc1OCCN1CCC[C@@H]1COP(=O)(O)O. The fraction of sp³-hybridized carbons (Fsp3) is 0.333. The molecule has 0 aliphatic carbocycles. The highest BCUT2D eigenvalue weighted by atomic mass is 31.2. The van der Waals surface area contributed by atoms with Gasteiger partial charge in [-0.2, -0.15) is 5.10 Å². The first-order valence-corrected chi connectivity index (χ1v) is 15.1. The van der Waals surface area contributed by atoms with Gasteiger partial charge in [0.05, 0.1) is 36.8 Å². The molecule has 0 spiro atoms. The van der Waals surface area contributed by atoms with Crippen LogP contribution in [0.5, 0.6) is 11.5 Å². The number of amides is 1. The number of carbonyl (C=O) groups excluding carboxylic acids is 1. The number of ether oxygens (including phenoxy) is 2. The summed E-state index contributed by atoms with van der Waals surface area (Å²) in [6.07, 6.45) is 6.08. The lowest BCUT2D eigenvalue weighted by Gasteiger charge is -2.24. The number of methoxy groups -OCH3 is 1. The minimum absolute atomic E-state index is 0.0583. The van der Waals surface area contributed by atoms with Crippen molar-refractivity contribution in [1.29, 1.82) is 0 Å². The molecule has 4 N–H and O–H groups in total. The van der Waals surface area contributed by atoms with Crippen LogP contribution in [-0.4, -0.2) is 79.8 Å². The Hall–Kier alpha value is -4.21. The van der Waals surface area contributed by atoms with Crippen molar-refractivity contribution in [2.24, 2.45) is 0 Å². The van der Waals surface area contributed by atoms with Crippen LogP contribution in [0.3, 0.4) is 0 Å². The van der Waals surface area contributed by atoms with Crippen LogP contribution in [0.1, 0.15) is 12.8 Å². The van der Waals surface area contributed by atoms with Crippen LogP contribution in [-0.2, 0) is 20.4 Å². The van der Waals surface area contributed by atoms with Gasteiger partial charge in [0, 0.05) is 30.2 Å². The molecular formula is C27H30F2N7O7P. The molecule has 1 atom stereocenters. The Labute approximate surface area is 250 Å². The van der Waals surface area contributed by atoms with Gasteiger partial charge in [-0.15, -0.1) is 0 Å². The van der Waals surface area contributed by atoms with Crippen molar-refractivity contribution in [3.63, 3.8) is 0 Å². The molecule has 4 aromatic rings. The smallest absolute Gasteiger partial charge is 0.469 e. The van der Waals surface area contributed by atoms with E-state index in [2.05, 4.69) is 30.6 Å². The first-order valence-electron chi connectivity index (χ1n) is 13.5. The fourth-order valence-electron chi connectivity index (χ4n) is 4.86. The Morgan fingerprint density at radius 1 is 1.20 bits per heavy atom. The van der Waals surface area contributed by atoms with Gasteiger partial charge in [-0.1, -0.05) is 6.07 Å². The van der Waals surface area contributed by atoms with E-state index in [1.807, 2.05) is 0 Å². The summed E-state index contributed by atoms with van der Waals surface area (Å²) in [7, 11) is -3.03. The molecule has 14 nitrogen and oxygen atoms in total. The average molecular weight is 634 g/mol. The fourth-order valence-corrected chi connectivity index (χ4v) is 5.23. The van der Waals surface area contributed by atoms with Crippen molar-refractivity contribution in [1.82, 2.24) is 24.6 Å². The molecule has 1 saturated heterocycles. The van der Waals surface area contributed by atoms with E-state index in [1.165, 1.54) is 36.4 Å². The summed E-state index contributed by atoms with van der Waals surface area (Å²) in [4.78, 5) is 41.1. The summed E-state index contributed by atoms with van der Waals surface area (Å²) >= 11 is 0. The number of hydrogen-bond acceptors (Lipinski definition) is 10. The number of phosphoric ester groups is 1. The van der Waals surface area contributed by atoms with Crippen molar-refractivity contribution in [2.45, 2.75) is 25.4 Å². The molecule has 3 heterocycles. The van der Waals surface area contributed by atoms with Crippen molar-refractivity contribution < 1.29 is 41.9 Å². The second-order valence-corrected chi connectivity index (χ2v) is 11.1. The summed E-state index contributed by atoms with van der Waals surface area (Å²) in [5.74, 6) is -1.46. The Morgan fingerprint density at radius 2 is 2.05 bits per heavy atom. The Bertz CT molecular complexity index is 1690. The highest BCUT2D eigenvalue weighted by molar-refractivity contribution is 7.46. The minimum Gasteiger partial charge on any atom is -0.493 e. The first-order chi connectivity index (χ1) is 21.1. The highest BCUT2D eigenvalue weighted by Gasteiger charge is 2.27. The zero-order valence-corrected chi connectivity index (χ0v) is 24.4. The predicted molar refractivity (Wildman–Crippen MR) is 155 cm³/mol. The number of rotatable bonds is 13. The minimum atomic E-state index is -4.53. The van der Waals surface area contributed by atoms with Crippen LogP contribution >= 0.6 is 7.82 Å². The van der Waals surface area contributed by atoms with E-state index in [0.29, 0.717) is 47.1 Å². The standard InChI is InChI=1S/C27H30F2N7O7P/c1-41-23-10-19-22(11-24(23)42-9-8-35-7-3-4-18(35)15-43-44(38,39)40)30-16-31-27(19)33-17-12-32-36(13-17)14-25(37)34-21-6-2-5-20(28)26(21)29/h2,5-6,10-13,16,18H,3-4,7-9,14-15H2,1H3,(H,34,37)(H,30,31,33)(H2,38,39,40)/t18-/m1/s1. The Kier molecular flexibility index (Phi) is 9.66. The zero-order chi connectivity index (χ0) is 31.3. The van der Waals surface area contributed by atoms with E-state index in [1.54, 1.807) is 18.3 Å². The van der Waals surface area contributed by atoms with Crippen molar-refractivity contribution in [3.05, 3.63) is 60.7 Å². The molecule has 1 aliphatic rings. The highest BCUT2D eigenvalue weighted by Crippen LogP contribution is 2.37. The second-order valence-electron chi connectivity index (χ2n) is 9.91. The van der Waals surface area contributed by atoms with Crippen LogP contribution in [0.25, 0.3) is 10.9 Å². The number of anilines is 3. The lowest BCUT2D eigenvalue weighted by molar-refractivity contribution is -0.116. The molecule has 2 aromatic heterocycles. The number of carbonyl (C=O) groups is 1. The molecule has 1 amide bonds. The second kappa shape index (κ2) is 13.6. The summed E-state index contributed by atoms with van der Waals surface area (Å²) in [5, 5.41) is 10.2. The van der Waals surface area contributed by atoms with Gasteiger partial charge in [-0.05, 0) is 37.6 Å². The normalized spacial score (nSPS) is 15.4. The van der Waals surface area contributed by atoms with Crippen molar-refractivity contribution >= 4 is 41.8 Å². The molecule has 1 fully saturated rings. The van der Waals surface area contributed by atoms with E-state index in [0.717, 1.165) is 25.5 Å². The third-order valence-electron chi connectivity index (χ3n) is 6.92. The molecule has 0 bridgehead atoms. The maximum absolute atomic E-state index is 13.9. The first kappa shape index (κ1) is 31.2. The van der Waals surface area contributed by atoms with Crippen LogP contribution in [0.4, 0.5) is 26.0 Å². The van der Waals surface area contributed by atoms with Gasteiger partial charge < -0.3 is 29.9 Å². The van der Waals surface area contributed by atoms with E-state index >= 15 is 0 Å². The predicted octanol–water partition coefficient (Wildman–Crippen LogP) is 3.45. The van der Waals surface area contributed by atoms with Crippen molar-refractivity contribution in [2.75, 3.05) is 44.0 Å². The van der Waals surface area contributed by atoms with Gasteiger partial charge in [0.2, 0.25) is 5.91 Å². The number of hydrogen-bond donors (Lipinski definition) is 4. The van der Waals surface area contributed by atoms with Gasteiger partial charge in [-0.25, -0.2) is 23.3 Å². The third-order valence-corrected chi connectivity index (χ3v) is 7.40. The van der Waals surface area contributed by atoms with Gasteiger partial charge in [-0.3, -0.25) is 18.9 Å². The summed E-state index contributed by atoms with van der Waals surface area (Å²) in [6, 6.07) is 6.85. The summed E-state index contributed by atoms with van der Waals surface area (Å²) < 4.78 is 55.9. The van der Waals surface area contributed by atoms with E-state index < -0.39 is 25.4 Å². The number of halogens is 2. The lowest BCUT2D eigenvalue weighted by Crippen LogP contribution is -2.36. The average Bonchev–Trinajstić information content (AvgIpc) is 3.62. The van der Waals surface area contributed by atoms with Gasteiger partial charge >= 0.3 is 7.82 Å². The molecular weight excluding hydrogens is 603 g/mol. The molecule has 17 heteroatoms. The number of aromatic nitrogens is 4. The maximum Gasteiger partial charge on any atom is 0.469 e. The largest absolute Gasteiger partial charge is 0.493 e. The monoisotopic (exact) mass is 633 g/mol. The van der Waals surface area contributed by atoms with Crippen LogP contribution in [0.2, 0.25) is 0 Å². The van der Waals surface area contributed by atoms with E-state index in [4.69, 9.17) is 23.8 Å². The number of likely N-dealkylation sites (tertiary alicyclic amines) is 1. The number of nitrogens with zero attached hydrogens (tertiary/aromatic N) is 5. The number of phosphoric acid groups is 1. The summed E-state index contributed by atoms with van der Waals surface area (Å²) in [5.41, 5.74) is 0.812. The van der Waals surface area contributed by atoms with Gasteiger partial charge in [0.25, 0.3) is 0 Å². The van der Waals surface area contributed by atoms with Crippen molar-refractivity contribution in [3.8, 4) is 11.5 Å². The number of benzene rings is 2.